The first-order chi connectivity index (χ1) is 25.3. The highest BCUT2D eigenvalue weighted by Crippen LogP contribution is 2.45. The van der Waals surface area contributed by atoms with Crippen molar-refractivity contribution < 1.29 is 0 Å². The lowest BCUT2D eigenvalue weighted by Gasteiger charge is -2.25. The van der Waals surface area contributed by atoms with Crippen LogP contribution in [0.15, 0.2) is 194 Å². The molecular weight excluding hydrogens is 637 g/mol. The third kappa shape index (κ3) is 5.01. The second-order valence-electron chi connectivity index (χ2n) is 13.0. The molecule has 0 unspecified atom stereocenters. The fourth-order valence-electron chi connectivity index (χ4n) is 7.61. The quantitative estimate of drug-likeness (QED) is 0.171. The number of aromatic nitrogens is 1. The number of fused-ring (bicyclic) bond motifs is 6. The summed E-state index contributed by atoms with van der Waals surface area (Å²) in [6.07, 6.45) is 0. The van der Waals surface area contributed by atoms with Gasteiger partial charge in [0.15, 0.2) is 0 Å². The molecular formula is C48H32N2S. The van der Waals surface area contributed by atoms with Crippen LogP contribution in [0, 0.1) is 0 Å². The Morgan fingerprint density at radius 1 is 0.373 bits per heavy atom. The SMILES string of the molecule is c1ccc(N(c2ccccc2)c2ccc(-c3cc(-c4ccc5c(c4)c4ccccc4n5-c4ccccc4)c4sc5ccccc5c4c3)cc2)cc1. The van der Waals surface area contributed by atoms with E-state index in [2.05, 4.69) is 204 Å². The first-order valence-corrected chi connectivity index (χ1v) is 18.2. The molecule has 0 spiro atoms. The third-order valence-corrected chi connectivity index (χ3v) is 11.2. The molecule has 0 fully saturated rings. The van der Waals surface area contributed by atoms with Crippen molar-refractivity contribution in [2.75, 3.05) is 4.90 Å². The van der Waals surface area contributed by atoms with Gasteiger partial charge in [-0.25, -0.2) is 0 Å². The molecule has 2 heterocycles. The van der Waals surface area contributed by atoms with Gasteiger partial charge in [0.1, 0.15) is 0 Å². The van der Waals surface area contributed by atoms with Crippen molar-refractivity contribution in [3.63, 3.8) is 0 Å². The second-order valence-corrected chi connectivity index (χ2v) is 14.0. The summed E-state index contributed by atoms with van der Waals surface area (Å²) in [5.74, 6) is 0. The Hall–Kier alpha value is -6.42. The fourth-order valence-corrected chi connectivity index (χ4v) is 8.83. The van der Waals surface area contributed by atoms with E-state index >= 15 is 0 Å². The molecule has 0 amide bonds. The Bertz CT molecular complexity index is 2790. The molecule has 8 aromatic carbocycles. The normalized spacial score (nSPS) is 11.5. The zero-order valence-electron chi connectivity index (χ0n) is 27.8. The van der Waals surface area contributed by atoms with Gasteiger partial charge in [-0.2, -0.15) is 0 Å². The molecule has 51 heavy (non-hydrogen) atoms. The van der Waals surface area contributed by atoms with E-state index in [0.29, 0.717) is 0 Å². The maximum Gasteiger partial charge on any atom is 0.0541 e. The highest BCUT2D eigenvalue weighted by Gasteiger charge is 2.18. The molecule has 0 bridgehead atoms. The molecule has 0 atom stereocenters. The standard InChI is InChI=1S/C48H32N2S/c1-4-14-36(15-5-1)49(37-16-6-2-7-17-37)39-27-24-33(25-28-39)35-31-42(48-44(32-35)41-21-11-13-23-47(41)51-48)34-26-29-46-43(30-34)40-20-10-12-22-45(40)50(46)38-18-8-3-9-19-38/h1-32H. The summed E-state index contributed by atoms with van der Waals surface area (Å²) in [5.41, 5.74) is 11.9. The predicted molar refractivity (Wildman–Crippen MR) is 219 cm³/mol. The van der Waals surface area contributed by atoms with Gasteiger partial charge in [0.2, 0.25) is 0 Å². The van der Waals surface area contributed by atoms with Crippen LogP contribution in [0.5, 0.6) is 0 Å². The molecule has 240 valence electrons. The number of rotatable bonds is 6. The molecule has 10 aromatic rings. The lowest BCUT2D eigenvalue weighted by Crippen LogP contribution is -2.09. The summed E-state index contributed by atoms with van der Waals surface area (Å²) in [7, 11) is 0. The molecule has 0 aliphatic rings. The molecule has 0 aliphatic carbocycles. The van der Waals surface area contributed by atoms with Gasteiger partial charge >= 0.3 is 0 Å². The Morgan fingerprint density at radius 2 is 0.922 bits per heavy atom. The molecule has 0 radical (unpaired) electrons. The second kappa shape index (κ2) is 12.2. The zero-order chi connectivity index (χ0) is 33.7. The largest absolute Gasteiger partial charge is 0.311 e. The smallest absolute Gasteiger partial charge is 0.0541 e. The number of benzene rings is 8. The zero-order valence-corrected chi connectivity index (χ0v) is 28.6. The minimum atomic E-state index is 1.12. The molecule has 0 N–H and O–H groups in total. The van der Waals surface area contributed by atoms with Crippen molar-refractivity contribution in [2.45, 2.75) is 0 Å². The first kappa shape index (κ1) is 29.5. The number of thiophene rings is 1. The van der Waals surface area contributed by atoms with E-state index in [9.17, 15) is 0 Å². The number of nitrogens with zero attached hydrogens (tertiary/aromatic N) is 2. The number of hydrogen-bond acceptors (Lipinski definition) is 2. The lowest BCUT2D eigenvalue weighted by atomic mass is 9.95. The summed E-state index contributed by atoms with van der Waals surface area (Å²) in [5, 5.41) is 5.13. The molecule has 2 aromatic heterocycles. The van der Waals surface area contributed by atoms with Crippen LogP contribution in [0.25, 0.3) is 69.9 Å². The van der Waals surface area contributed by atoms with Crippen molar-refractivity contribution in [1.29, 1.82) is 0 Å². The van der Waals surface area contributed by atoms with E-state index in [4.69, 9.17) is 0 Å². The Balaban J connectivity index is 1.15. The van der Waals surface area contributed by atoms with Crippen LogP contribution in [-0.4, -0.2) is 4.57 Å². The van der Waals surface area contributed by atoms with Gasteiger partial charge in [0, 0.05) is 59.3 Å². The van der Waals surface area contributed by atoms with Crippen LogP contribution in [-0.2, 0) is 0 Å². The van der Waals surface area contributed by atoms with Crippen LogP contribution < -0.4 is 4.90 Å². The maximum absolute atomic E-state index is 2.40. The Labute approximate surface area is 300 Å². The van der Waals surface area contributed by atoms with Crippen LogP contribution in [0.2, 0.25) is 0 Å². The minimum Gasteiger partial charge on any atom is -0.311 e. The van der Waals surface area contributed by atoms with Crippen molar-refractivity contribution in [2.24, 2.45) is 0 Å². The maximum atomic E-state index is 2.40. The van der Waals surface area contributed by atoms with E-state index < -0.39 is 0 Å². The molecule has 10 rings (SSSR count). The highest BCUT2D eigenvalue weighted by molar-refractivity contribution is 7.26. The minimum absolute atomic E-state index is 1.12. The first-order valence-electron chi connectivity index (χ1n) is 17.4. The number of anilines is 3. The van der Waals surface area contributed by atoms with Crippen molar-refractivity contribution in [3.8, 4) is 27.9 Å². The van der Waals surface area contributed by atoms with Crippen molar-refractivity contribution in [1.82, 2.24) is 4.57 Å². The summed E-state index contributed by atoms with van der Waals surface area (Å²) in [6.45, 7) is 0. The lowest BCUT2D eigenvalue weighted by molar-refractivity contribution is 1.18. The molecule has 0 saturated carbocycles. The van der Waals surface area contributed by atoms with E-state index in [1.807, 2.05) is 11.3 Å². The predicted octanol–water partition coefficient (Wildman–Crippen LogP) is 14.0. The summed E-state index contributed by atoms with van der Waals surface area (Å²) < 4.78 is 5.02. The summed E-state index contributed by atoms with van der Waals surface area (Å²) in [4.78, 5) is 2.31. The average molecular weight is 669 g/mol. The monoisotopic (exact) mass is 668 g/mol. The van der Waals surface area contributed by atoms with Gasteiger partial charge in [-0.3, -0.25) is 0 Å². The fraction of sp³-hybridized carbons (Fsp3) is 0. The van der Waals surface area contributed by atoms with E-state index in [-0.39, 0.29) is 0 Å². The van der Waals surface area contributed by atoms with E-state index in [0.717, 1.165) is 17.1 Å². The van der Waals surface area contributed by atoms with Crippen molar-refractivity contribution in [3.05, 3.63) is 194 Å². The number of para-hydroxylation sites is 4. The van der Waals surface area contributed by atoms with Gasteiger partial charge in [0.05, 0.1) is 11.0 Å². The van der Waals surface area contributed by atoms with Gasteiger partial charge in [-0.1, -0.05) is 109 Å². The Kier molecular flexibility index (Phi) is 7.04. The summed E-state index contributed by atoms with van der Waals surface area (Å²) in [6, 6.07) is 70.3. The molecule has 0 saturated heterocycles. The van der Waals surface area contributed by atoms with Gasteiger partial charge in [0.25, 0.3) is 0 Å². The molecule has 2 nitrogen and oxygen atoms in total. The van der Waals surface area contributed by atoms with E-state index in [1.165, 1.54) is 69.9 Å². The molecule has 3 heteroatoms. The average Bonchev–Trinajstić information content (AvgIpc) is 3.75. The highest BCUT2D eigenvalue weighted by atomic mass is 32.1. The van der Waals surface area contributed by atoms with E-state index in [1.54, 1.807) is 0 Å². The van der Waals surface area contributed by atoms with Crippen molar-refractivity contribution >= 4 is 70.4 Å². The van der Waals surface area contributed by atoms with Crippen LogP contribution >= 0.6 is 11.3 Å². The topological polar surface area (TPSA) is 8.17 Å². The third-order valence-electron chi connectivity index (χ3n) is 9.96. The van der Waals surface area contributed by atoms with Crippen LogP contribution in [0.4, 0.5) is 17.1 Å². The van der Waals surface area contributed by atoms with Crippen LogP contribution in [0.1, 0.15) is 0 Å². The molecule has 0 aliphatic heterocycles. The number of hydrogen-bond donors (Lipinski definition) is 0. The Morgan fingerprint density at radius 3 is 1.65 bits per heavy atom. The van der Waals surface area contributed by atoms with Gasteiger partial charge < -0.3 is 9.47 Å². The summed E-state index contributed by atoms with van der Waals surface area (Å²) >= 11 is 1.89. The van der Waals surface area contributed by atoms with Crippen LogP contribution in [0.3, 0.4) is 0 Å². The van der Waals surface area contributed by atoms with Gasteiger partial charge in [-0.15, -0.1) is 11.3 Å². The van der Waals surface area contributed by atoms with Gasteiger partial charge in [-0.05, 0) is 102 Å².